The van der Waals surface area contributed by atoms with Gasteiger partial charge in [0.05, 0.1) is 26.4 Å². The van der Waals surface area contributed by atoms with Crippen LogP contribution < -0.4 is 24.8 Å². The molecule has 2 rings (SSSR count). The van der Waals surface area contributed by atoms with E-state index in [0.717, 1.165) is 17.8 Å². The molecule has 0 aliphatic rings. The molecule has 0 aliphatic carbocycles. The molecule has 1 aromatic heterocycles. The molecule has 0 spiro atoms. The number of ether oxygens (including phenoxy) is 3. The highest BCUT2D eigenvalue weighted by atomic mass is 127. The highest BCUT2D eigenvalue weighted by Crippen LogP contribution is 2.30. The zero-order valence-corrected chi connectivity index (χ0v) is 20.0. The number of hydrogen-bond acceptors (Lipinski definition) is 5. The SMILES string of the molecule is CCNC(=NCc1ccc(OC(C)C)nc1)Nc1ccc(OC)c(OCC)c1.I. The second kappa shape index (κ2) is 13.1. The van der Waals surface area contributed by atoms with Gasteiger partial charge in [0.2, 0.25) is 5.88 Å². The van der Waals surface area contributed by atoms with Crippen LogP contribution in [0.3, 0.4) is 0 Å². The number of hydrogen-bond donors (Lipinski definition) is 2. The van der Waals surface area contributed by atoms with Gasteiger partial charge in [0, 0.05) is 30.6 Å². The first-order valence-electron chi connectivity index (χ1n) is 9.53. The van der Waals surface area contributed by atoms with Gasteiger partial charge < -0.3 is 24.8 Å². The smallest absolute Gasteiger partial charge is 0.213 e. The first-order valence-corrected chi connectivity index (χ1v) is 9.53. The van der Waals surface area contributed by atoms with E-state index in [0.29, 0.717) is 36.5 Å². The largest absolute Gasteiger partial charge is 0.493 e. The van der Waals surface area contributed by atoms with Crippen LogP contribution in [0.15, 0.2) is 41.5 Å². The van der Waals surface area contributed by atoms with Crippen LogP contribution in [-0.2, 0) is 6.54 Å². The van der Waals surface area contributed by atoms with Crippen molar-refractivity contribution in [1.82, 2.24) is 10.3 Å². The Hall–Kier alpha value is -2.23. The minimum atomic E-state index is 0. The molecular formula is C21H31IN4O3. The average molecular weight is 514 g/mol. The fraction of sp³-hybridized carbons (Fsp3) is 0.429. The van der Waals surface area contributed by atoms with Crippen LogP contribution in [0, 0.1) is 0 Å². The zero-order valence-electron chi connectivity index (χ0n) is 17.7. The number of rotatable bonds is 9. The second-order valence-corrected chi connectivity index (χ2v) is 6.29. The summed E-state index contributed by atoms with van der Waals surface area (Å²) in [6.45, 7) is 9.73. The summed E-state index contributed by atoms with van der Waals surface area (Å²) in [7, 11) is 1.63. The number of pyridine rings is 1. The lowest BCUT2D eigenvalue weighted by molar-refractivity contribution is 0.232. The van der Waals surface area contributed by atoms with Crippen molar-refractivity contribution in [3.63, 3.8) is 0 Å². The maximum absolute atomic E-state index is 5.63. The van der Waals surface area contributed by atoms with E-state index in [1.165, 1.54) is 0 Å². The molecule has 0 saturated carbocycles. The molecule has 160 valence electrons. The maximum Gasteiger partial charge on any atom is 0.213 e. The number of nitrogens with one attached hydrogen (secondary N) is 2. The lowest BCUT2D eigenvalue weighted by atomic mass is 10.2. The fourth-order valence-corrected chi connectivity index (χ4v) is 2.45. The van der Waals surface area contributed by atoms with Gasteiger partial charge in [-0.15, -0.1) is 24.0 Å². The van der Waals surface area contributed by atoms with Crippen LogP contribution in [0.2, 0.25) is 0 Å². The monoisotopic (exact) mass is 514 g/mol. The molecule has 0 saturated heterocycles. The molecule has 29 heavy (non-hydrogen) atoms. The number of methoxy groups -OCH3 is 1. The van der Waals surface area contributed by atoms with E-state index in [4.69, 9.17) is 14.2 Å². The predicted molar refractivity (Wildman–Crippen MR) is 128 cm³/mol. The van der Waals surface area contributed by atoms with Gasteiger partial charge in [-0.2, -0.15) is 0 Å². The van der Waals surface area contributed by atoms with Crippen LogP contribution in [0.1, 0.15) is 33.3 Å². The molecule has 0 atom stereocenters. The lowest BCUT2D eigenvalue weighted by Crippen LogP contribution is -2.30. The summed E-state index contributed by atoms with van der Waals surface area (Å²) in [4.78, 5) is 8.94. The summed E-state index contributed by atoms with van der Waals surface area (Å²) in [5.41, 5.74) is 1.86. The van der Waals surface area contributed by atoms with Gasteiger partial charge in [-0.25, -0.2) is 9.98 Å². The van der Waals surface area contributed by atoms with E-state index in [-0.39, 0.29) is 30.1 Å². The van der Waals surface area contributed by atoms with Gasteiger partial charge in [0.25, 0.3) is 0 Å². The van der Waals surface area contributed by atoms with E-state index in [1.807, 2.05) is 58.0 Å². The van der Waals surface area contributed by atoms with Gasteiger partial charge in [0.1, 0.15) is 0 Å². The van der Waals surface area contributed by atoms with Gasteiger partial charge in [-0.1, -0.05) is 6.07 Å². The Kier molecular flexibility index (Phi) is 11.2. The summed E-state index contributed by atoms with van der Waals surface area (Å²) in [5.74, 6) is 2.69. The van der Waals surface area contributed by atoms with Crippen molar-refractivity contribution in [3.05, 3.63) is 42.1 Å². The Balaban J connectivity index is 0.00000420. The Morgan fingerprint density at radius 3 is 2.52 bits per heavy atom. The number of nitrogens with zero attached hydrogens (tertiary/aromatic N) is 2. The third-order valence-corrected chi connectivity index (χ3v) is 3.64. The molecule has 0 aliphatic heterocycles. The fourth-order valence-electron chi connectivity index (χ4n) is 2.45. The predicted octanol–water partition coefficient (Wildman–Crippen LogP) is 4.47. The van der Waals surface area contributed by atoms with Crippen molar-refractivity contribution in [1.29, 1.82) is 0 Å². The van der Waals surface area contributed by atoms with Crippen molar-refractivity contribution in [2.24, 2.45) is 4.99 Å². The van der Waals surface area contributed by atoms with Gasteiger partial charge in [0.15, 0.2) is 17.5 Å². The van der Waals surface area contributed by atoms with Gasteiger partial charge >= 0.3 is 0 Å². The van der Waals surface area contributed by atoms with Gasteiger partial charge in [-0.05, 0) is 45.4 Å². The van der Waals surface area contributed by atoms with Crippen LogP contribution >= 0.6 is 24.0 Å². The molecule has 0 radical (unpaired) electrons. The quantitative estimate of drug-likeness (QED) is 0.292. The number of anilines is 1. The Morgan fingerprint density at radius 1 is 1.14 bits per heavy atom. The number of aromatic nitrogens is 1. The molecule has 8 heteroatoms. The molecule has 0 bridgehead atoms. The lowest BCUT2D eigenvalue weighted by Gasteiger charge is -2.14. The minimum absolute atomic E-state index is 0. The molecule has 0 amide bonds. The minimum Gasteiger partial charge on any atom is -0.493 e. The first-order chi connectivity index (χ1) is 13.5. The molecule has 1 heterocycles. The highest BCUT2D eigenvalue weighted by molar-refractivity contribution is 14.0. The van der Waals surface area contributed by atoms with Crippen LogP contribution in [0.4, 0.5) is 5.69 Å². The zero-order chi connectivity index (χ0) is 20.4. The van der Waals surface area contributed by atoms with E-state index in [9.17, 15) is 0 Å². The van der Waals surface area contributed by atoms with Crippen LogP contribution in [0.5, 0.6) is 17.4 Å². The third kappa shape index (κ3) is 8.35. The number of benzene rings is 1. The molecule has 7 nitrogen and oxygen atoms in total. The Bertz CT molecular complexity index is 767. The summed E-state index contributed by atoms with van der Waals surface area (Å²) >= 11 is 0. The van der Waals surface area contributed by atoms with E-state index in [2.05, 4.69) is 20.6 Å². The molecule has 1 aromatic carbocycles. The van der Waals surface area contributed by atoms with Crippen LogP contribution in [0.25, 0.3) is 0 Å². The second-order valence-electron chi connectivity index (χ2n) is 6.29. The molecule has 0 fully saturated rings. The van der Waals surface area contributed by atoms with Crippen molar-refractivity contribution in [3.8, 4) is 17.4 Å². The van der Waals surface area contributed by atoms with Crippen LogP contribution in [-0.4, -0.2) is 37.3 Å². The molecule has 0 unspecified atom stereocenters. The highest BCUT2D eigenvalue weighted by Gasteiger charge is 2.07. The summed E-state index contributed by atoms with van der Waals surface area (Å²) < 4.78 is 16.5. The molecule has 2 N–H and O–H groups in total. The van der Waals surface area contributed by atoms with Crippen molar-refractivity contribution < 1.29 is 14.2 Å². The summed E-state index contributed by atoms with van der Waals surface area (Å²) in [6.07, 6.45) is 1.89. The maximum atomic E-state index is 5.63. The average Bonchev–Trinajstić information content (AvgIpc) is 2.67. The number of aliphatic imine (C=N–C) groups is 1. The Labute approximate surface area is 190 Å². The first kappa shape index (κ1) is 24.8. The summed E-state index contributed by atoms with van der Waals surface area (Å²) in [6, 6.07) is 9.53. The number of halogens is 1. The summed E-state index contributed by atoms with van der Waals surface area (Å²) in [5, 5.41) is 6.54. The van der Waals surface area contributed by atoms with E-state index >= 15 is 0 Å². The normalized spacial score (nSPS) is 10.9. The van der Waals surface area contributed by atoms with Crippen molar-refractivity contribution >= 4 is 35.6 Å². The van der Waals surface area contributed by atoms with Crippen molar-refractivity contribution in [2.75, 3.05) is 25.6 Å². The van der Waals surface area contributed by atoms with Crippen molar-refractivity contribution in [2.45, 2.75) is 40.3 Å². The Morgan fingerprint density at radius 2 is 1.93 bits per heavy atom. The molecule has 2 aromatic rings. The number of guanidine groups is 1. The van der Waals surface area contributed by atoms with Gasteiger partial charge in [-0.3, -0.25) is 0 Å². The molecular weight excluding hydrogens is 483 g/mol. The topological polar surface area (TPSA) is 77.0 Å². The third-order valence-electron chi connectivity index (χ3n) is 3.64. The van der Waals surface area contributed by atoms with E-state index < -0.39 is 0 Å². The standard InChI is InChI=1S/C21H30N4O3.HI/c1-6-22-21(24-14-16-8-11-20(23-13-16)28-15(3)4)25-17-9-10-18(26-5)19(12-17)27-7-2;/h8-13,15H,6-7,14H2,1-5H3,(H2,22,24,25);1H. The van der Waals surface area contributed by atoms with E-state index in [1.54, 1.807) is 13.3 Å².